The smallest absolute Gasteiger partial charge is 0.412 e. The molecule has 8 heteroatoms. The Kier molecular flexibility index (Phi) is 4.22. The fourth-order valence-electron chi connectivity index (χ4n) is 2.24. The lowest BCUT2D eigenvalue weighted by molar-refractivity contribution is 0.0634. The van der Waals surface area contributed by atoms with Crippen LogP contribution in [0.15, 0.2) is 36.0 Å². The predicted octanol–water partition coefficient (Wildman–Crippen LogP) is 4.11. The first-order chi connectivity index (χ1) is 11.7. The van der Waals surface area contributed by atoms with Crippen molar-refractivity contribution in [3.8, 4) is 10.6 Å². The van der Waals surface area contributed by atoms with Crippen molar-refractivity contribution in [1.29, 1.82) is 0 Å². The number of carbonyl (C=O) groups is 2. The molecular weight excluding hydrogens is 342 g/mol. The van der Waals surface area contributed by atoms with Crippen molar-refractivity contribution in [1.82, 2.24) is 9.38 Å². The monoisotopic (exact) mass is 359 g/mol. The lowest BCUT2D eigenvalue weighted by atomic mass is 10.2. The van der Waals surface area contributed by atoms with Gasteiger partial charge in [-0.3, -0.25) is 9.72 Å². The summed E-state index contributed by atoms with van der Waals surface area (Å²) in [5.74, 6) is -0.969. The van der Waals surface area contributed by atoms with E-state index < -0.39 is 17.7 Å². The van der Waals surface area contributed by atoms with Crippen LogP contribution in [0.5, 0.6) is 0 Å². The fourth-order valence-corrected chi connectivity index (χ4v) is 3.13. The fraction of sp³-hybridized carbons (Fsp3) is 0.235. The Morgan fingerprint density at radius 2 is 2.08 bits per heavy atom. The zero-order valence-corrected chi connectivity index (χ0v) is 14.8. The molecule has 3 rings (SSSR count). The molecule has 0 aromatic carbocycles. The highest BCUT2D eigenvalue weighted by Crippen LogP contribution is 2.28. The number of carbonyl (C=O) groups excluding carboxylic acids is 1. The Hall–Kier alpha value is -2.87. The molecule has 0 fully saturated rings. The molecular formula is C17H17N3O4S. The molecule has 1 amide bonds. The average molecular weight is 359 g/mol. The zero-order chi connectivity index (χ0) is 18.2. The number of hydrogen-bond acceptors (Lipinski definition) is 5. The lowest BCUT2D eigenvalue weighted by Gasteiger charge is -2.19. The van der Waals surface area contributed by atoms with Gasteiger partial charge in [-0.15, -0.1) is 11.3 Å². The summed E-state index contributed by atoms with van der Waals surface area (Å²) >= 11 is 1.32. The molecule has 0 bridgehead atoms. The van der Waals surface area contributed by atoms with Gasteiger partial charge in [0.15, 0.2) is 0 Å². The summed E-state index contributed by atoms with van der Waals surface area (Å²) in [7, 11) is 0. The third kappa shape index (κ3) is 3.80. The van der Waals surface area contributed by atoms with E-state index >= 15 is 0 Å². The van der Waals surface area contributed by atoms with Crippen LogP contribution in [0.4, 0.5) is 10.5 Å². The standard InChI is InChI=1S/C17H17N3O4S/c1-17(2,3)24-16(23)19-11-4-5-14-18-7-12(20(14)8-11)13-6-10(9-25-13)15(21)22/h4-9H,1-3H3,(H,19,23)(H,21,22). The van der Waals surface area contributed by atoms with Crippen molar-refractivity contribution in [3.05, 3.63) is 41.5 Å². The summed E-state index contributed by atoms with van der Waals surface area (Å²) in [6.07, 6.45) is 2.85. The van der Waals surface area contributed by atoms with Gasteiger partial charge in [0.05, 0.1) is 28.0 Å². The minimum absolute atomic E-state index is 0.234. The number of rotatable bonds is 3. The minimum Gasteiger partial charge on any atom is -0.478 e. The summed E-state index contributed by atoms with van der Waals surface area (Å²) < 4.78 is 7.04. The molecule has 25 heavy (non-hydrogen) atoms. The van der Waals surface area contributed by atoms with E-state index in [-0.39, 0.29) is 5.56 Å². The molecule has 7 nitrogen and oxygen atoms in total. The number of nitrogens with zero attached hydrogens (tertiary/aromatic N) is 2. The molecule has 0 aliphatic heterocycles. The van der Waals surface area contributed by atoms with E-state index in [1.165, 1.54) is 11.3 Å². The highest BCUT2D eigenvalue weighted by molar-refractivity contribution is 7.13. The second-order valence-electron chi connectivity index (χ2n) is 6.42. The number of carboxylic acid groups (broad SMARTS) is 1. The van der Waals surface area contributed by atoms with Crippen LogP contribution < -0.4 is 5.32 Å². The third-order valence-electron chi connectivity index (χ3n) is 3.25. The quantitative estimate of drug-likeness (QED) is 0.734. The highest BCUT2D eigenvalue weighted by atomic mass is 32.1. The first-order valence-electron chi connectivity index (χ1n) is 7.52. The molecule has 0 spiro atoms. The number of fused-ring (bicyclic) bond motifs is 1. The van der Waals surface area contributed by atoms with Crippen LogP contribution in [0, 0.1) is 0 Å². The van der Waals surface area contributed by atoms with Gasteiger partial charge in [0, 0.05) is 11.6 Å². The van der Waals surface area contributed by atoms with Gasteiger partial charge in [-0.2, -0.15) is 0 Å². The van der Waals surface area contributed by atoms with Crippen LogP contribution in [0.25, 0.3) is 16.2 Å². The predicted molar refractivity (Wildman–Crippen MR) is 95.3 cm³/mol. The van der Waals surface area contributed by atoms with Gasteiger partial charge in [0.2, 0.25) is 0 Å². The number of carboxylic acids is 1. The number of hydrogen-bond donors (Lipinski definition) is 2. The number of thiophene rings is 1. The van der Waals surface area contributed by atoms with Gasteiger partial charge in [0.1, 0.15) is 11.2 Å². The van der Waals surface area contributed by atoms with E-state index in [0.29, 0.717) is 11.3 Å². The number of amides is 1. The summed E-state index contributed by atoms with van der Waals surface area (Å²) in [4.78, 5) is 28.1. The topological polar surface area (TPSA) is 92.9 Å². The van der Waals surface area contributed by atoms with Crippen LogP contribution in [0.1, 0.15) is 31.1 Å². The largest absolute Gasteiger partial charge is 0.478 e. The van der Waals surface area contributed by atoms with Crippen molar-refractivity contribution in [3.63, 3.8) is 0 Å². The van der Waals surface area contributed by atoms with Crippen LogP contribution >= 0.6 is 11.3 Å². The van der Waals surface area contributed by atoms with Crippen LogP contribution in [0.3, 0.4) is 0 Å². The molecule has 0 saturated carbocycles. The molecule has 0 aliphatic rings. The first kappa shape index (κ1) is 17.0. The molecule has 0 unspecified atom stereocenters. The number of nitrogens with one attached hydrogen (secondary N) is 1. The maximum absolute atomic E-state index is 11.9. The SMILES string of the molecule is CC(C)(C)OC(=O)Nc1ccc2ncc(-c3cc(C(=O)O)cs3)n2c1. The molecule has 3 aromatic rings. The first-order valence-corrected chi connectivity index (χ1v) is 8.40. The molecule has 2 N–H and O–H groups in total. The number of imidazole rings is 1. The van der Waals surface area contributed by atoms with Crippen LogP contribution in [-0.4, -0.2) is 32.2 Å². The Balaban J connectivity index is 1.91. The Morgan fingerprint density at radius 1 is 1.32 bits per heavy atom. The van der Waals surface area contributed by atoms with Crippen LogP contribution in [0.2, 0.25) is 0 Å². The number of pyridine rings is 1. The van der Waals surface area contributed by atoms with Gasteiger partial charge in [-0.05, 0) is 39.0 Å². The van der Waals surface area contributed by atoms with E-state index in [4.69, 9.17) is 9.84 Å². The van der Waals surface area contributed by atoms with Gasteiger partial charge in [-0.25, -0.2) is 14.6 Å². The maximum Gasteiger partial charge on any atom is 0.412 e. The maximum atomic E-state index is 11.9. The van der Waals surface area contributed by atoms with E-state index in [0.717, 1.165) is 10.6 Å². The normalized spacial score (nSPS) is 11.5. The summed E-state index contributed by atoms with van der Waals surface area (Å²) in [5.41, 5.74) is 1.64. The van der Waals surface area contributed by atoms with Crippen molar-refractivity contribution in [2.45, 2.75) is 26.4 Å². The second kappa shape index (κ2) is 6.21. The molecule has 0 atom stereocenters. The lowest BCUT2D eigenvalue weighted by Crippen LogP contribution is -2.27. The van der Waals surface area contributed by atoms with Gasteiger partial charge < -0.3 is 9.84 Å². The van der Waals surface area contributed by atoms with E-state index in [1.807, 2.05) is 0 Å². The third-order valence-corrected chi connectivity index (χ3v) is 4.20. The number of ether oxygens (including phenoxy) is 1. The van der Waals surface area contributed by atoms with Crippen LogP contribution in [-0.2, 0) is 4.74 Å². The highest BCUT2D eigenvalue weighted by Gasteiger charge is 2.17. The Bertz CT molecular complexity index is 952. The van der Waals surface area contributed by atoms with Crippen molar-refractivity contribution in [2.75, 3.05) is 5.32 Å². The molecule has 130 valence electrons. The number of aromatic nitrogens is 2. The zero-order valence-electron chi connectivity index (χ0n) is 13.9. The summed E-state index contributed by atoms with van der Waals surface area (Å²) in [6, 6.07) is 5.10. The Morgan fingerprint density at radius 3 is 2.72 bits per heavy atom. The average Bonchev–Trinajstić information content (AvgIpc) is 3.10. The van der Waals surface area contributed by atoms with Crippen molar-refractivity contribution < 1.29 is 19.4 Å². The molecule has 0 saturated heterocycles. The van der Waals surface area contributed by atoms with E-state index in [1.54, 1.807) is 61.1 Å². The number of aromatic carboxylic acids is 1. The molecule has 0 aliphatic carbocycles. The minimum atomic E-state index is -0.969. The second-order valence-corrected chi connectivity index (χ2v) is 7.33. The van der Waals surface area contributed by atoms with E-state index in [9.17, 15) is 9.59 Å². The van der Waals surface area contributed by atoms with E-state index in [2.05, 4.69) is 10.3 Å². The van der Waals surface area contributed by atoms with Gasteiger partial charge in [0.25, 0.3) is 0 Å². The van der Waals surface area contributed by atoms with Gasteiger partial charge >= 0.3 is 12.1 Å². The summed E-state index contributed by atoms with van der Waals surface area (Å²) in [6.45, 7) is 5.38. The number of anilines is 1. The summed E-state index contributed by atoms with van der Waals surface area (Å²) in [5, 5.41) is 13.3. The molecule has 3 aromatic heterocycles. The molecule has 3 heterocycles. The Labute approximate surface area is 147 Å². The molecule has 0 radical (unpaired) electrons. The van der Waals surface area contributed by atoms with Crippen molar-refractivity contribution in [2.24, 2.45) is 0 Å². The van der Waals surface area contributed by atoms with Gasteiger partial charge in [-0.1, -0.05) is 0 Å². The van der Waals surface area contributed by atoms with Crippen molar-refractivity contribution >= 4 is 34.7 Å².